The summed E-state index contributed by atoms with van der Waals surface area (Å²) in [6, 6.07) is 2.38. The first-order valence-electron chi connectivity index (χ1n) is 6.65. The molecule has 0 fully saturated rings. The predicted molar refractivity (Wildman–Crippen MR) is 78.5 cm³/mol. The van der Waals surface area contributed by atoms with Gasteiger partial charge >= 0.3 is 0 Å². The number of aliphatic hydroxyl groups is 1. The number of rotatable bonds is 11. The van der Waals surface area contributed by atoms with Gasteiger partial charge in [0.15, 0.2) is 11.5 Å². The van der Waals surface area contributed by atoms with Crippen LogP contribution in [0.25, 0.3) is 0 Å². The fourth-order valence-electron chi connectivity index (χ4n) is 1.63. The van der Waals surface area contributed by atoms with Crippen LogP contribution in [0.4, 0.5) is 11.4 Å². The SMILES string of the molecule is COCCNc1cc(O)c(OCCOCCO)cc1[N+](=O)[O-]. The Hall–Kier alpha value is -2.10. The van der Waals surface area contributed by atoms with Crippen LogP contribution in [0.5, 0.6) is 11.5 Å². The highest BCUT2D eigenvalue weighted by atomic mass is 16.6. The largest absolute Gasteiger partial charge is 0.504 e. The maximum Gasteiger partial charge on any atom is 0.296 e. The van der Waals surface area contributed by atoms with E-state index in [-0.39, 0.29) is 49.3 Å². The summed E-state index contributed by atoms with van der Waals surface area (Å²) in [6.45, 7) is 1.11. The molecular formula is C13H20N2O7. The van der Waals surface area contributed by atoms with E-state index < -0.39 is 4.92 Å². The lowest BCUT2D eigenvalue weighted by atomic mass is 10.2. The molecule has 0 bridgehead atoms. The number of nitro benzene ring substituents is 1. The standard InChI is InChI=1S/C13H20N2O7/c1-20-4-2-14-10-8-12(17)13(9-11(10)15(18)19)22-7-6-21-5-3-16/h8-9,14,16-17H,2-7H2,1H3. The smallest absolute Gasteiger partial charge is 0.296 e. The van der Waals surface area contributed by atoms with Gasteiger partial charge in [-0.2, -0.15) is 0 Å². The third kappa shape index (κ3) is 5.72. The van der Waals surface area contributed by atoms with Gasteiger partial charge in [-0.25, -0.2) is 0 Å². The molecule has 124 valence electrons. The highest BCUT2D eigenvalue weighted by Gasteiger charge is 2.18. The Kier molecular flexibility index (Phi) is 7.97. The van der Waals surface area contributed by atoms with Crippen LogP contribution in [-0.4, -0.2) is 61.8 Å². The number of ether oxygens (including phenoxy) is 3. The number of hydrogen-bond acceptors (Lipinski definition) is 8. The zero-order valence-corrected chi connectivity index (χ0v) is 12.3. The second-order valence-electron chi connectivity index (χ2n) is 4.20. The van der Waals surface area contributed by atoms with Crippen molar-refractivity contribution < 1.29 is 29.3 Å². The van der Waals surface area contributed by atoms with E-state index in [1.165, 1.54) is 13.2 Å². The van der Waals surface area contributed by atoms with Gasteiger partial charge in [0.2, 0.25) is 0 Å². The molecule has 0 aliphatic rings. The molecular weight excluding hydrogens is 296 g/mol. The number of nitrogens with one attached hydrogen (secondary N) is 1. The summed E-state index contributed by atoms with van der Waals surface area (Å²) in [5, 5.41) is 32.3. The van der Waals surface area contributed by atoms with Crippen molar-refractivity contribution in [2.24, 2.45) is 0 Å². The molecule has 1 rings (SSSR count). The van der Waals surface area contributed by atoms with E-state index >= 15 is 0 Å². The van der Waals surface area contributed by atoms with Crippen LogP contribution in [-0.2, 0) is 9.47 Å². The highest BCUT2D eigenvalue weighted by molar-refractivity contribution is 5.68. The molecule has 0 amide bonds. The van der Waals surface area contributed by atoms with Crippen LogP contribution in [0.3, 0.4) is 0 Å². The van der Waals surface area contributed by atoms with Gasteiger partial charge in [-0.05, 0) is 0 Å². The van der Waals surface area contributed by atoms with E-state index in [1.807, 2.05) is 0 Å². The molecule has 9 nitrogen and oxygen atoms in total. The van der Waals surface area contributed by atoms with Gasteiger partial charge in [0, 0.05) is 19.7 Å². The molecule has 3 N–H and O–H groups in total. The van der Waals surface area contributed by atoms with E-state index in [2.05, 4.69) is 5.32 Å². The summed E-state index contributed by atoms with van der Waals surface area (Å²) in [5.74, 6) is -0.218. The minimum Gasteiger partial charge on any atom is -0.504 e. The molecule has 0 saturated heterocycles. The third-order valence-corrected chi connectivity index (χ3v) is 2.62. The van der Waals surface area contributed by atoms with Crippen LogP contribution < -0.4 is 10.1 Å². The van der Waals surface area contributed by atoms with Gasteiger partial charge in [0.1, 0.15) is 12.3 Å². The van der Waals surface area contributed by atoms with Crippen molar-refractivity contribution in [3.8, 4) is 11.5 Å². The zero-order valence-electron chi connectivity index (χ0n) is 12.3. The Morgan fingerprint density at radius 3 is 2.68 bits per heavy atom. The van der Waals surface area contributed by atoms with Crippen LogP contribution in [0, 0.1) is 10.1 Å². The van der Waals surface area contributed by atoms with Gasteiger partial charge in [0.25, 0.3) is 5.69 Å². The molecule has 1 aromatic rings. The summed E-state index contributed by atoms with van der Waals surface area (Å²) in [5.41, 5.74) is -0.0244. The van der Waals surface area contributed by atoms with Gasteiger partial charge in [-0.3, -0.25) is 10.1 Å². The van der Waals surface area contributed by atoms with Crippen molar-refractivity contribution in [1.29, 1.82) is 0 Å². The molecule has 1 aromatic carbocycles. The van der Waals surface area contributed by atoms with E-state index in [0.29, 0.717) is 13.2 Å². The minimum absolute atomic E-state index is 0.00316. The second-order valence-corrected chi connectivity index (χ2v) is 4.20. The quantitative estimate of drug-likeness (QED) is 0.310. The lowest BCUT2D eigenvalue weighted by Gasteiger charge is -2.11. The van der Waals surface area contributed by atoms with Gasteiger partial charge in [-0.1, -0.05) is 0 Å². The van der Waals surface area contributed by atoms with Crippen LogP contribution in [0.1, 0.15) is 0 Å². The zero-order chi connectivity index (χ0) is 16.4. The maximum atomic E-state index is 11.1. The number of aromatic hydroxyl groups is 1. The van der Waals surface area contributed by atoms with E-state index in [1.54, 1.807) is 0 Å². The Labute approximate surface area is 127 Å². The number of methoxy groups -OCH3 is 1. The number of phenolic OH excluding ortho intramolecular Hbond substituents is 1. The molecule has 0 saturated carbocycles. The normalized spacial score (nSPS) is 10.5. The van der Waals surface area contributed by atoms with Crippen molar-refractivity contribution in [3.05, 3.63) is 22.2 Å². The number of aliphatic hydroxyl groups excluding tert-OH is 1. The summed E-state index contributed by atoms with van der Waals surface area (Å²) in [4.78, 5) is 10.5. The predicted octanol–water partition coefficient (Wildman–Crippen LogP) is 0.746. The van der Waals surface area contributed by atoms with Gasteiger partial charge in [-0.15, -0.1) is 0 Å². The number of nitrogens with zero attached hydrogens (tertiary/aromatic N) is 1. The van der Waals surface area contributed by atoms with Crippen molar-refractivity contribution >= 4 is 11.4 Å². The summed E-state index contributed by atoms with van der Waals surface area (Å²) in [6.07, 6.45) is 0. The summed E-state index contributed by atoms with van der Waals surface area (Å²) < 4.78 is 15.1. The van der Waals surface area contributed by atoms with Crippen molar-refractivity contribution in [2.75, 3.05) is 52.0 Å². The molecule has 0 aliphatic heterocycles. The fraction of sp³-hybridized carbons (Fsp3) is 0.538. The minimum atomic E-state index is -0.566. The first-order chi connectivity index (χ1) is 10.6. The Balaban J connectivity index is 2.74. The van der Waals surface area contributed by atoms with Crippen molar-refractivity contribution in [1.82, 2.24) is 0 Å². The molecule has 0 atom stereocenters. The van der Waals surface area contributed by atoms with Gasteiger partial charge in [0.05, 0.1) is 37.4 Å². The number of anilines is 1. The van der Waals surface area contributed by atoms with E-state index in [0.717, 1.165) is 6.07 Å². The Morgan fingerprint density at radius 2 is 2.05 bits per heavy atom. The van der Waals surface area contributed by atoms with Crippen molar-refractivity contribution in [2.45, 2.75) is 0 Å². The molecule has 0 spiro atoms. The van der Waals surface area contributed by atoms with Crippen LogP contribution in [0.15, 0.2) is 12.1 Å². The molecule has 0 heterocycles. The highest BCUT2D eigenvalue weighted by Crippen LogP contribution is 2.37. The molecule has 0 radical (unpaired) electrons. The van der Waals surface area contributed by atoms with E-state index in [4.69, 9.17) is 19.3 Å². The lowest BCUT2D eigenvalue weighted by molar-refractivity contribution is -0.384. The van der Waals surface area contributed by atoms with Crippen LogP contribution >= 0.6 is 0 Å². The van der Waals surface area contributed by atoms with E-state index in [9.17, 15) is 15.2 Å². The topological polar surface area (TPSA) is 123 Å². The monoisotopic (exact) mass is 316 g/mol. The average molecular weight is 316 g/mol. The number of phenols is 1. The van der Waals surface area contributed by atoms with Crippen molar-refractivity contribution in [3.63, 3.8) is 0 Å². The lowest BCUT2D eigenvalue weighted by Crippen LogP contribution is -2.11. The molecule has 0 aliphatic carbocycles. The molecule has 0 unspecified atom stereocenters. The summed E-state index contributed by atoms with van der Waals surface area (Å²) >= 11 is 0. The third-order valence-electron chi connectivity index (χ3n) is 2.62. The number of nitro groups is 1. The first kappa shape index (κ1) is 18.0. The average Bonchev–Trinajstić information content (AvgIpc) is 2.48. The Morgan fingerprint density at radius 1 is 1.27 bits per heavy atom. The summed E-state index contributed by atoms with van der Waals surface area (Å²) in [7, 11) is 1.52. The maximum absolute atomic E-state index is 11.1. The number of benzene rings is 1. The first-order valence-corrected chi connectivity index (χ1v) is 6.65. The second kappa shape index (κ2) is 9.77. The number of hydrogen-bond donors (Lipinski definition) is 3. The Bertz CT molecular complexity index is 482. The molecule has 9 heteroatoms. The fourth-order valence-corrected chi connectivity index (χ4v) is 1.63. The van der Waals surface area contributed by atoms with Crippen LogP contribution in [0.2, 0.25) is 0 Å². The molecule has 22 heavy (non-hydrogen) atoms. The van der Waals surface area contributed by atoms with Gasteiger partial charge < -0.3 is 29.7 Å². The molecule has 0 aromatic heterocycles.